The Labute approximate surface area is 150 Å². The summed E-state index contributed by atoms with van der Waals surface area (Å²) in [5.74, 6) is 1.30. The van der Waals surface area contributed by atoms with Crippen LogP contribution in [0.4, 0.5) is 16.9 Å². The summed E-state index contributed by atoms with van der Waals surface area (Å²) < 4.78 is 4.35. The topological polar surface area (TPSA) is 106 Å². The SMILES string of the molecule is Cc1cc(Nc2nsc(NC3CC4CCC(C3)N4CCC#N)n2)n[nH]1. The van der Waals surface area contributed by atoms with Gasteiger partial charge in [-0.2, -0.15) is 19.7 Å². The first-order valence-electron chi connectivity index (χ1n) is 8.73. The van der Waals surface area contributed by atoms with Gasteiger partial charge in [0.1, 0.15) is 0 Å². The van der Waals surface area contributed by atoms with E-state index in [2.05, 4.69) is 41.2 Å². The Hall–Kier alpha value is -2.18. The zero-order valence-electron chi connectivity index (χ0n) is 14.2. The molecule has 25 heavy (non-hydrogen) atoms. The number of fused-ring (bicyclic) bond motifs is 2. The number of rotatable bonds is 6. The molecule has 0 saturated carbocycles. The minimum atomic E-state index is 0.435. The van der Waals surface area contributed by atoms with Crippen molar-refractivity contribution >= 4 is 28.4 Å². The van der Waals surface area contributed by atoms with E-state index in [0.717, 1.165) is 36.0 Å². The maximum absolute atomic E-state index is 8.83. The molecule has 2 bridgehead atoms. The molecule has 8 nitrogen and oxygen atoms in total. The maximum atomic E-state index is 8.83. The van der Waals surface area contributed by atoms with Gasteiger partial charge in [0.25, 0.3) is 0 Å². The zero-order valence-corrected chi connectivity index (χ0v) is 15.0. The molecule has 2 aromatic heterocycles. The summed E-state index contributed by atoms with van der Waals surface area (Å²) >= 11 is 1.38. The van der Waals surface area contributed by atoms with Crippen LogP contribution in [0.1, 0.15) is 37.8 Å². The lowest BCUT2D eigenvalue weighted by molar-refractivity contribution is 0.136. The third-order valence-corrected chi connectivity index (χ3v) is 5.71. The number of nitriles is 1. The van der Waals surface area contributed by atoms with Crippen molar-refractivity contribution in [1.29, 1.82) is 5.26 Å². The van der Waals surface area contributed by atoms with E-state index in [-0.39, 0.29) is 0 Å². The molecule has 2 fully saturated rings. The van der Waals surface area contributed by atoms with Crippen LogP contribution in [-0.4, -0.2) is 49.1 Å². The highest BCUT2D eigenvalue weighted by Gasteiger charge is 2.40. The van der Waals surface area contributed by atoms with Crippen molar-refractivity contribution in [2.45, 2.75) is 57.2 Å². The molecule has 0 radical (unpaired) electrons. The van der Waals surface area contributed by atoms with Crippen LogP contribution in [0.2, 0.25) is 0 Å². The van der Waals surface area contributed by atoms with Gasteiger partial charge in [-0.15, -0.1) is 0 Å². The van der Waals surface area contributed by atoms with E-state index in [1.54, 1.807) is 0 Å². The number of piperidine rings is 1. The lowest BCUT2D eigenvalue weighted by Crippen LogP contribution is -2.47. The molecule has 2 saturated heterocycles. The van der Waals surface area contributed by atoms with Crippen LogP contribution in [0, 0.1) is 18.3 Å². The normalized spacial score (nSPS) is 25.7. The van der Waals surface area contributed by atoms with Crippen LogP contribution in [0.15, 0.2) is 6.07 Å². The predicted molar refractivity (Wildman–Crippen MR) is 96.9 cm³/mol. The van der Waals surface area contributed by atoms with Gasteiger partial charge in [0.15, 0.2) is 5.82 Å². The first-order chi connectivity index (χ1) is 12.2. The zero-order chi connectivity index (χ0) is 17.2. The molecule has 9 heteroatoms. The van der Waals surface area contributed by atoms with Crippen LogP contribution in [0.25, 0.3) is 0 Å². The van der Waals surface area contributed by atoms with Crippen molar-refractivity contribution in [3.63, 3.8) is 0 Å². The lowest BCUT2D eigenvalue weighted by atomic mass is 9.97. The molecule has 4 heterocycles. The minimum absolute atomic E-state index is 0.435. The molecule has 2 aliphatic heterocycles. The molecule has 0 aliphatic carbocycles. The van der Waals surface area contributed by atoms with Gasteiger partial charge in [-0.05, 0) is 32.6 Å². The number of hydrogen-bond donors (Lipinski definition) is 3. The van der Waals surface area contributed by atoms with Gasteiger partial charge in [0, 0.05) is 54.4 Å². The average molecular weight is 358 g/mol. The smallest absolute Gasteiger partial charge is 0.242 e. The maximum Gasteiger partial charge on any atom is 0.242 e. The molecule has 3 N–H and O–H groups in total. The van der Waals surface area contributed by atoms with Crippen molar-refractivity contribution in [1.82, 2.24) is 24.5 Å². The van der Waals surface area contributed by atoms with E-state index in [1.807, 2.05) is 13.0 Å². The molecule has 2 atom stereocenters. The predicted octanol–water partition coefficient (Wildman–Crippen LogP) is 2.63. The lowest BCUT2D eigenvalue weighted by Gasteiger charge is -2.38. The molecule has 2 aromatic rings. The Morgan fingerprint density at radius 1 is 1.40 bits per heavy atom. The fourth-order valence-electron chi connectivity index (χ4n) is 4.04. The largest absolute Gasteiger partial charge is 0.357 e. The second-order valence-corrected chi connectivity index (χ2v) is 7.58. The van der Waals surface area contributed by atoms with Crippen LogP contribution in [0.5, 0.6) is 0 Å². The molecule has 0 aromatic carbocycles. The third kappa shape index (κ3) is 3.60. The Bertz CT molecular complexity index is 748. The third-order valence-electron chi connectivity index (χ3n) is 5.07. The summed E-state index contributed by atoms with van der Waals surface area (Å²) in [6, 6.07) is 5.82. The Morgan fingerprint density at radius 3 is 2.88 bits per heavy atom. The highest BCUT2D eigenvalue weighted by atomic mass is 32.1. The molecule has 132 valence electrons. The number of nitrogens with zero attached hydrogens (tertiary/aromatic N) is 5. The Kier molecular flexibility index (Phi) is 4.55. The number of anilines is 3. The molecular weight excluding hydrogens is 336 g/mol. The molecule has 0 spiro atoms. The summed E-state index contributed by atoms with van der Waals surface area (Å²) in [5, 5.41) is 23.4. The van der Waals surface area contributed by atoms with E-state index in [0.29, 0.717) is 30.5 Å². The van der Waals surface area contributed by atoms with Gasteiger partial charge in [0.2, 0.25) is 11.1 Å². The fourth-order valence-corrected chi connectivity index (χ4v) is 4.65. The summed E-state index contributed by atoms with van der Waals surface area (Å²) in [6.45, 7) is 2.87. The molecular formula is C16H22N8S. The first-order valence-corrected chi connectivity index (χ1v) is 9.50. The van der Waals surface area contributed by atoms with Gasteiger partial charge in [-0.25, -0.2) is 0 Å². The van der Waals surface area contributed by atoms with Gasteiger partial charge in [-0.3, -0.25) is 10.00 Å². The molecule has 4 rings (SSSR count). The van der Waals surface area contributed by atoms with Gasteiger partial charge in [0.05, 0.1) is 6.07 Å². The molecule has 2 unspecified atom stereocenters. The fraction of sp³-hybridized carbons (Fsp3) is 0.625. The van der Waals surface area contributed by atoms with E-state index in [4.69, 9.17) is 5.26 Å². The van der Waals surface area contributed by atoms with Gasteiger partial charge in [-0.1, -0.05) is 0 Å². The Balaban J connectivity index is 1.34. The minimum Gasteiger partial charge on any atom is -0.357 e. The number of aromatic amines is 1. The van der Waals surface area contributed by atoms with Crippen LogP contribution >= 0.6 is 11.5 Å². The first kappa shape index (κ1) is 16.3. The average Bonchev–Trinajstić information content (AvgIpc) is 3.26. The van der Waals surface area contributed by atoms with E-state index in [9.17, 15) is 0 Å². The van der Waals surface area contributed by atoms with E-state index < -0.39 is 0 Å². The monoisotopic (exact) mass is 358 g/mol. The summed E-state index contributed by atoms with van der Waals surface area (Å²) in [7, 11) is 0. The van der Waals surface area contributed by atoms with Crippen molar-refractivity contribution in [3.05, 3.63) is 11.8 Å². The summed E-state index contributed by atoms with van der Waals surface area (Å²) in [5.41, 5.74) is 0.995. The summed E-state index contributed by atoms with van der Waals surface area (Å²) in [6.07, 6.45) is 5.35. The van der Waals surface area contributed by atoms with Crippen LogP contribution < -0.4 is 10.6 Å². The number of hydrogen-bond acceptors (Lipinski definition) is 8. The van der Waals surface area contributed by atoms with E-state index in [1.165, 1.54) is 24.4 Å². The molecule has 2 aliphatic rings. The highest BCUT2D eigenvalue weighted by Crippen LogP contribution is 2.37. The number of aryl methyl sites for hydroxylation is 1. The van der Waals surface area contributed by atoms with Crippen molar-refractivity contribution in [3.8, 4) is 6.07 Å². The van der Waals surface area contributed by atoms with Crippen LogP contribution in [-0.2, 0) is 0 Å². The number of aromatic nitrogens is 4. The molecule has 0 amide bonds. The van der Waals surface area contributed by atoms with Crippen molar-refractivity contribution in [2.75, 3.05) is 17.2 Å². The number of H-pyrrole nitrogens is 1. The second-order valence-electron chi connectivity index (χ2n) is 6.83. The quantitative estimate of drug-likeness (QED) is 0.729. The van der Waals surface area contributed by atoms with Gasteiger partial charge >= 0.3 is 0 Å². The van der Waals surface area contributed by atoms with Crippen LogP contribution in [0.3, 0.4) is 0 Å². The van der Waals surface area contributed by atoms with E-state index >= 15 is 0 Å². The van der Waals surface area contributed by atoms with Crippen molar-refractivity contribution in [2.24, 2.45) is 0 Å². The Morgan fingerprint density at radius 2 is 2.20 bits per heavy atom. The second kappa shape index (κ2) is 6.98. The standard InChI is InChI=1S/C16H22N8S/c1-10-7-14(22-21-10)19-15-20-16(25-23-15)18-11-8-12-3-4-13(9-11)24(12)6-2-5-17/h7,11-13H,2-4,6,8-9H2,1H3,(H3,18,19,20,21,22,23). The van der Waals surface area contributed by atoms with Gasteiger partial charge < -0.3 is 10.6 Å². The van der Waals surface area contributed by atoms with Crippen molar-refractivity contribution < 1.29 is 0 Å². The highest BCUT2D eigenvalue weighted by molar-refractivity contribution is 7.09. The number of nitrogens with one attached hydrogen (secondary N) is 3. The summed E-state index contributed by atoms with van der Waals surface area (Å²) in [4.78, 5) is 7.06.